The standard InChI is InChI=1S/C23H40N4O3/c1-19(2)21-12-10-20(11-13-21)18-25-15-6-5-14-24-16-7-17-26-22(28)8-3-4-9-23(29)27-30/h10-13,19,24-25,30H,3-9,14-18H2,1-2H3,(H,26,28)(H,27,29). The van der Waals surface area contributed by atoms with Crippen molar-refractivity contribution < 1.29 is 14.8 Å². The molecule has 0 saturated heterocycles. The predicted octanol–water partition coefficient (Wildman–Crippen LogP) is 2.84. The lowest BCUT2D eigenvalue weighted by atomic mass is 10.0. The van der Waals surface area contributed by atoms with Gasteiger partial charge in [0.2, 0.25) is 11.8 Å². The van der Waals surface area contributed by atoms with Crippen LogP contribution in [0, 0.1) is 0 Å². The Labute approximate surface area is 181 Å². The highest BCUT2D eigenvalue weighted by atomic mass is 16.5. The molecule has 7 nitrogen and oxygen atoms in total. The molecule has 1 rings (SSSR count). The minimum atomic E-state index is -0.409. The quantitative estimate of drug-likeness (QED) is 0.152. The second-order valence-corrected chi connectivity index (χ2v) is 7.98. The highest BCUT2D eigenvalue weighted by Crippen LogP contribution is 2.14. The minimum Gasteiger partial charge on any atom is -0.356 e. The van der Waals surface area contributed by atoms with Gasteiger partial charge in [0.05, 0.1) is 0 Å². The van der Waals surface area contributed by atoms with Crippen molar-refractivity contribution in [2.24, 2.45) is 0 Å². The molecule has 170 valence electrons. The highest BCUT2D eigenvalue weighted by molar-refractivity contribution is 5.76. The summed E-state index contributed by atoms with van der Waals surface area (Å²) in [4.78, 5) is 22.5. The van der Waals surface area contributed by atoms with Crippen molar-refractivity contribution in [3.8, 4) is 0 Å². The molecule has 7 heteroatoms. The minimum absolute atomic E-state index is 0.0179. The maximum atomic E-state index is 11.7. The van der Waals surface area contributed by atoms with E-state index in [0.29, 0.717) is 31.7 Å². The zero-order valence-corrected chi connectivity index (χ0v) is 18.6. The lowest BCUT2D eigenvalue weighted by Crippen LogP contribution is -2.27. The fraction of sp³-hybridized carbons (Fsp3) is 0.652. The summed E-state index contributed by atoms with van der Waals surface area (Å²) in [6, 6.07) is 8.84. The summed E-state index contributed by atoms with van der Waals surface area (Å²) in [5.41, 5.74) is 4.30. The van der Waals surface area contributed by atoms with Crippen molar-refractivity contribution in [3.05, 3.63) is 35.4 Å². The van der Waals surface area contributed by atoms with Crippen LogP contribution in [0.2, 0.25) is 0 Å². The first kappa shape index (κ1) is 26.1. The second-order valence-electron chi connectivity index (χ2n) is 7.98. The van der Waals surface area contributed by atoms with Gasteiger partial charge in [0.1, 0.15) is 0 Å². The maximum absolute atomic E-state index is 11.7. The van der Waals surface area contributed by atoms with Crippen LogP contribution in [0.1, 0.15) is 75.8 Å². The Bertz CT molecular complexity index is 591. The molecule has 0 aliphatic heterocycles. The third-order valence-corrected chi connectivity index (χ3v) is 4.97. The third kappa shape index (κ3) is 13.3. The molecule has 0 aliphatic carbocycles. The van der Waals surface area contributed by atoms with Crippen molar-refractivity contribution in [2.75, 3.05) is 26.2 Å². The Morgan fingerprint density at radius 1 is 0.800 bits per heavy atom. The number of nitrogens with one attached hydrogen (secondary N) is 4. The first-order chi connectivity index (χ1) is 14.5. The summed E-state index contributed by atoms with van der Waals surface area (Å²) in [7, 11) is 0. The Morgan fingerprint density at radius 2 is 1.40 bits per heavy atom. The van der Waals surface area contributed by atoms with E-state index in [2.05, 4.69) is 54.1 Å². The van der Waals surface area contributed by atoms with E-state index >= 15 is 0 Å². The molecule has 0 bridgehead atoms. The fourth-order valence-electron chi connectivity index (χ4n) is 3.03. The molecule has 1 aromatic carbocycles. The van der Waals surface area contributed by atoms with E-state index in [-0.39, 0.29) is 12.3 Å². The van der Waals surface area contributed by atoms with Crippen LogP contribution < -0.4 is 21.4 Å². The maximum Gasteiger partial charge on any atom is 0.243 e. The lowest BCUT2D eigenvalue weighted by molar-refractivity contribution is -0.129. The zero-order chi connectivity index (χ0) is 22.0. The molecule has 0 saturated carbocycles. The Hall–Kier alpha value is -1.96. The molecule has 0 aromatic heterocycles. The molecular formula is C23H40N4O3. The number of hydroxylamine groups is 1. The van der Waals surface area contributed by atoms with Gasteiger partial charge in [-0.15, -0.1) is 0 Å². The van der Waals surface area contributed by atoms with Crippen LogP contribution in [0.15, 0.2) is 24.3 Å². The van der Waals surface area contributed by atoms with E-state index in [1.54, 1.807) is 5.48 Å². The number of carbonyl (C=O) groups is 2. The topological polar surface area (TPSA) is 102 Å². The number of hydrogen-bond donors (Lipinski definition) is 5. The van der Waals surface area contributed by atoms with Gasteiger partial charge in [-0.2, -0.15) is 0 Å². The molecule has 0 aliphatic rings. The van der Waals surface area contributed by atoms with E-state index < -0.39 is 5.91 Å². The summed E-state index contributed by atoms with van der Waals surface area (Å²) < 4.78 is 0. The van der Waals surface area contributed by atoms with Crippen molar-refractivity contribution >= 4 is 11.8 Å². The normalized spacial score (nSPS) is 10.9. The molecule has 0 heterocycles. The molecule has 1 aromatic rings. The van der Waals surface area contributed by atoms with Gasteiger partial charge in [0.25, 0.3) is 0 Å². The van der Waals surface area contributed by atoms with Crippen molar-refractivity contribution in [1.29, 1.82) is 0 Å². The van der Waals surface area contributed by atoms with E-state index in [1.807, 2.05) is 0 Å². The summed E-state index contributed by atoms with van der Waals surface area (Å²) in [6.45, 7) is 8.91. The van der Waals surface area contributed by atoms with Crippen LogP contribution in [0.3, 0.4) is 0 Å². The lowest BCUT2D eigenvalue weighted by Gasteiger charge is -2.09. The molecule has 0 spiro atoms. The number of unbranched alkanes of at least 4 members (excludes halogenated alkanes) is 2. The van der Waals surface area contributed by atoms with Crippen molar-refractivity contribution in [2.45, 2.75) is 71.3 Å². The number of carbonyl (C=O) groups excluding carboxylic acids is 2. The smallest absolute Gasteiger partial charge is 0.243 e. The predicted molar refractivity (Wildman–Crippen MR) is 120 cm³/mol. The van der Waals surface area contributed by atoms with Gasteiger partial charge in [-0.25, -0.2) is 5.48 Å². The molecule has 30 heavy (non-hydrogen) atoms. The molecule has 0 unspecified atom stereocenters. The first-order valence-corrected chi connectivity index (χ1v) is 11.2. The largest absolute Gasteiger partial charge is 0.356 e. The average Bonchev–Trinajstić information content (AvgIpc) is 2.75. The third-order valence-electron chi connectivity index (χ3n) is 4.97. The van der Waals surface area contributed by atoms with Gasteiger partial charge in [0, 0.05) is 25.9 Å². The van der Waals surface area contributed by atoms with E-state index in [4.69, 9.17) is 5.21 Å². The van der Waals surface area contributed by atoms with Gasteiger partial charge in [0.15, 0.2) is 0 Å². The summed E-state index contributed by atoms with van der Waals surface area (Å²) in [5, 5.41) is 18.2. The Morgan fingerprint density at radius 3 is 2.03 bits per heavy atom. The molecule has 0 atom stereocenters. The highest BCUT2D eigenvalue weighted by Gasteiger charge is 2.03. The molecule has 2 amide bonds. The summed E-state index contributed by atoms with van der Waals surface area (Å²) in [6.07, 6.45) is 5.09. The number of amides is 2. The monoisotopic (exact) mass is 420 g/mol. The average molecular weight is 421 g/mol. The summed E-state index contributed by atoms with van der Waals surface area (Å²) >= 11 is 0. The van der Waals surface area contributed by atoms with Gasteiger partial charge in [-0.3, -0.25) is 14.8 Å². The zero-order valence-electron chi connectivity index (χ0n) is 18.6. The van der Waals surface area contributed by atoms with Gasteiger partial charge in [-0.05, 0) is 68.8 Å². The van der Waals surface area contributed by atoms with E-state index in [0.717, 1.165) is 45.4 Å². The van der Waals surface area contributed by atoms with Crippen LogP contribution in [-0.4, -0.2) is 43.2 Å². The van der Waals surface area contributed by atoms with Gasteiger partial charge >= 0.3 is 0 Å². The van der Waals surface area contributed by atoms with Crippen LogP contribution in [0.25, 0.3) is 0 Å². The number of hydrogen-bond acceptors (Lipinski definition) is 5. The van der Waals surface area contributed by atoms with Crippen molar-refractivity contribution in [3.63, 3.8) is 0 Å². The van der Waals surface area contributed by atoms with Crippen LogP contribution in [0.4, 0.5) is 0 Å². The van der Waals surface area contributed by atoms with Crippen molar-refractivity contribution in [1.82, 2.24) is 21.4 Å². The van der Waals surface area contributed by atoms with E-state index in [9.17, 15) is 9.59 Å². The first-order valence-electron chi connectivity index (χ1n) is 11.2. The number of benzene rings is 1. The Balaban J connectivity index is 1.86. The summed E-state index contributed by atoms with van der Waals surface area (Å²) in [5.74, 6) is 0.188. The molecular weight excluding hydrogens is 380 g/mol. The van der Waals surface area contributed by atoms with E-state index in [1.165, 1.54) is 11.1 Å². The SMILES string of the molecule is CC(C)c1ccc(CNCCCCNCCCNC(=O)CCCCC(=O)NO)cc1. The van der Waals surface area contributed by atoms with Crippen LogP contribution in [0.5, 0.6) is 0 Å². The molecule has 0 radical (unpaired) electrons. The molecule has 0 fully saturated rings. The van der Waals surface area contributed by atoms with Crippen LogP contribution >= 0.6 is 0 Å². The fourth-order valence-corrected chi connectivity index (χ4v) is 3.03. The van der Waals surface area contributed by atoms with Gasteiger partial charge < -0.3 is 16.0 Å². The molecule has 5 N–H and O–H groups in total. The van der Waals surface area contributed by atoms with Gasteiger partial charge in [-0.1, -0.05) is 38.1 Å². The Kier molecular flexibility index (Phi) is 14.6. The van der Waals surface area contributed by atoms with Crippen LogP contribution in [-0.2, 0) is 16.1 Å². The number of rotatable bonds is 17. The second kappa shape index (κ2) is 16.8.